The normalized spacial score (nSPS) is 12.3. The van der Waals surface area contributed by atoms with E-state index in [1.807, 2.05) is 0 Å². The van der Waals surface area contributed by atoms with Gasteiger partial charge in [-0.1, -0.05) is 352 Å². The van der Waals surface area contributed by atoms with Crippen LogP contribution in [0.3, 0.4) is 0 Å². The Morgan fingerprint density at radius 3 is 0.707 bits per heavy atom. The molecule has 82 heavy (non-hydrogen) atoms. The number of carbonyl (C=O) groups is 3. The summed E-state index contributed by atoms with van der Waals surface area (Å²) in [5.41, 5.74) is 0. The second-order valence-corrected chi connectivity index (χ2v) is 24.9. The van der Waals surface area contributed by atoms with Gasteiger partial charge < -0.3 is 14.2 Å². The van der Waals surface area contributed by atoms with Gasteiger partial charge in [0.05, 0.1) is 0 Å². The molecular weight excluding hydrogens is 1010 g/mol. The molecule has 0 aromatic carbocycles. The van der Waals surface area contributed by atoms with Crippen molar-refractivity contribution in [1.29, 1.82) is 0 Å². The highest BCUT2D eigenvalue weighted by molar-refractivity contribution is 5.71. The van der Waals surface area contributed by atoms with Gasteiger partial charge >= 0.3 is 17.9 Å². The topological polar surface area (TPSA) is 78.9 Å². The second kappa shape index (κ2) is 70.9. The quantitative estimate of drug-likeness (QED) is 0.0261. The molecule has 0 spiro atoms. The third-order valence-electron chi connectivity index (χ3n) is 16.6. The maximum Gasteiger partial charge on any atom is 0.306 e. The van der Waals surface area contributed by atoms with Crippen molar-refractivity contribution >= 4 is 17.9 Å². The Bertz CT molecular complexity index is 1410. The van der Waals surface area contributed by atoms with E-state index in [-0.39, 0.29) is 31.1 Å². The summed E-state index contributed by atoms with van der Waals surface area (Å²) in [6.07, 6.45) is 90.1. The summed E-state index contributed by atoms with van der Waals surface area (Å²) in [5, 5.41) is 0. The van der Waals surface area contributed by atoms with Gasteiger partial charge in [-0.2, -0.15) is 0 Å². The van der Waals surface area contributed by atoms with Gasteiger partial charge in [-0.05, 0) is 77.0 Å². The van der Waals surface area contributed by atoms with Crippen molar-refractivity contribution < 1.29 is 28.6 Å². The summed E-state index contributed by atoms with van der Waals surface area (Å²) < 4.78 is 17.0. The summed E-state index contributed by atoms with van der Waals surface area (Å²) in [6.45, 7) is 6.65. The highest BCUT2D eigenvalue weighted by Gasteiger charge is 2.19. The lowest BCUT2D eigenvalue weighted by Gasteiger charge is -2.18. The number of unbranched alkanes of at least 4 members (excludes halogenated alkanes) is 49. The predicted molar refractivity (Wildman–Crippen MR) is 358 cm³/mol. The molecule has 0 bridgehead atoms. The van der Waals surface area contributed by atoms with Gasteiger partial charge in [-0.25, -0.2) is 0 Å². The molecule has 0 saturated heterocycles. The lowest BCUT2D eigenvalue weighted by atomic mass is 10.0. The van der Waals surface area contributed by atoms with Gasteiger partial charge in [0, 0.05) is 19.3 Å². The molecule has 0 N–H and O–H groups in total. The van der Waals surface area contributed by atoms with E-state index in [4.69, 9.17) is 14.2 Å². The van der Waals surface area contributed by atoms with E-state index < -0.39 is 6.10 Å². The molecule has 480 valence electrons. The first kappa shape index (κ1) is 79.4. The number of ether oxygens (including phenoxy) is 3. The van der Waals surface area contributed by atoms with Gasteiger partial charge in [0.25, 0.3) is 0 Å². The number of carbonyl (C=O) groups excluding carboxylic acids is 3. The largest absolute Gasteiger partial charge is 0.462 e. The average Bonchev–Trinajstić information content (AvgIpc) is 3.48. The molecule has 1 atom stereocenters. The maximum absolute atomic E-state index is 13.0. The van der Waals surface area contributed by atoms with Crippen LogP contribution in [-0.2, 0) is 28.6 Å². The first-order valence-corrected chi connectivity index (χ1v) is 36.6. The third-order valence-corrected chi connectivity index (χ3v) is 16.6. The van der Waals surface area contributed by atoms with Gasteiger partial charge in [-0.3, -0.25) is 14.4 Å². The maximum atomic E-state index is 13.0. The standard InChI is InChI=1S/C76H140O6/c1-4-7-10-13-16-19-22-25-28-30-32-34-35-36-37-38-39-40-41-43-44-46-48-51-54-57-60-63-66-69-75(78)81-72-73(71-80-74(77)68-65-62-59-56-53-50-27-24-21-18-15-12-9-6-3)82-76(79)70-67-64-61-58-55-52-49-47-45-42-33-31-29-26-23-20-17-14-11-8-5-2/h15,18,22,24-25,27,30,32,73H,4-14,16-17,19-21,23,26,28-29,31,33-72H2,1-3H3/b18-15-,25-22-,27-24-,32-30-. The number of rotatable bonds is 68. The molecule has 0 rings (SSSR count). The lowest BCUT2D eigenvalue weighted by Crippen LogP contribution is -2.30. The van der Waals surface area contributed by atoms with Gasteiger partial charge in [0.2, 0.25) is 0 Å². The van der Waals surface area contributed by atoms with Crippen molar-refractivity contribution in [1.82, 2.24) is 0 Å². The minimum Gasteiger partial charge on any atom is -0.462 e. The number of allylic oxidation sites excluding steroid dienone is 8. The Hall–Kier alpha value is -2.63. The van der Waals surface area contributed by atoms with E-state index >= 15 is 0 Å². The van der Waals surface area contributed by atoms with Crippen molar-refractivity contribution in [3.05, 3.63) is 48.6 Å². The zero-order valence-corrected chi connectivity index (χ0v) is 55.3. The van der Waals surface area contributed by atoms with E-state index in [0.717, 1.165) is 83.5 Å². The molecular formula is C76H140O6. The van der Waals surface area contributed by atoms with Crippen LogP contribution in [0, 0.1) is 0 Å². The molecule has 0 aliphatic heterocycles. The number of hydrogen-bond donors (Lipinski definition) is 0. The van der Waals surface area contributed by atoms with Crippen molar-refractivity contribution in [2.24, 2.45) is 0 Å². The van der Waals surface area contributed by atoms with Gasteiger partial charge in [0.1, 0.15) is 13.2 Å². The van der Waals surface area contributed by atoms with Crippen LogP contribution in [0.15, 0.2) is 48.6 Å². The fourth-order valence-electron chi connectivity index (χ4n) is 11.0. The fourth-order valence-corrected chi connectivity index (χ4v) is 11.0. The average molecular weight is 1150 g/mol. The predicted octanol–water partition coefficient (Wildman–Crippen LogP) is 25.3. The molecule has 6 heteroatoms. The Morgan fingerprint density at radius 1 is 0.244 bits per heavy atom. The molecule has 0 aromatic heterocycles. The van der Waals surface area contributed by atoms with Crippen molar-refractivity contribution in [3.63, 3.8) is 0 Å². The summed E-state index contributed by atoms with van der Waals surface area (Å²) in [6, 6.07) is 0. The van der Waals surface area contributed by atoms with Crippen LogP contribution in [0.2, 0.25) is 0 Å². The third kappa shape index (κ3) is 68.2. The second-order valence-electron chi connectivity index (χ2n) is 24.9. The zero-order valence-electron chi connectivity index (χ0n) is 55.3. The molecule has 6 nitrogen and oxygen atoms in total. The molecule has 0 heterocycles. The van der Waals surface area contributed by atoms with Crippen LogP contribution in [-0.4, -0.2) is 37.2 Å². The Morgan fingerprint density at radius 2 is 0.451 bits per heavy atom. The molecule has 0 aliphatic rings. The lowest BCUT2D eigenvalue weighted by molar-refractivity contribution is -0.167. The SMILES string of the molecule is CCCC/C=C\C/C=C\CCCCCCCC(=O)OCC(COC(=O)CCCCCCCCCCCCCCCCCCC/C=C\C/C=C\CCCCCCC)OC(=O)CCCCCCCCCCCCCCCCCCCCCCC. The molecule has 0 saturated carbocycles. The van der Waals surface area contributed by atoms with Gasteiger partial charge in [-0.15, -0.1) is 0 Å². The minimum atomic E-state index is -0.777. The minimum absolute atomic E-state index is 0.0724. The summed E-state index contributed by atoms with van der Waals surface area (Å²) in [4.78, 5) is 38.5. The van der Waals surface area contributed by atoms with Crippen molar-refractivity contribution in [2.45, 2.75) is 406 Å². The first-order chi connectivity index (χ1) is 40.5. The van der Waals surface area contributed by atoms with E-state index in [0.29, 0.717) is 19.3 Å². The molecule has 0 amide bonds. The van der Waals surface area contributed by atoms with Crippen LogP contribution in [0.4, 0.5) is 0 Å². The van der Waals surface area contributed by atoms with E-state index in [1.165, 1.54) is 276 Å². The molecule has 0 radical (unpaired) electrons. The molecule has 1 unspecified atom stereocenters. The molecule has 0 aromatic rings. The van der Waals surface area contributed by atoms with E-state index in [1.54, 1.807) is 0 Å². The Balaban J connectivity index is 4.21. The van der Waals surface area contributed by atoms with Crippen LogP contribution in [0.5, 0.6) is 0 Å². The summed E-state index contributed by atoms with van der Waals surface area (Å²) >= 11 is 0. The van der Waals surface area contributed by atoms with Crippen molar-refractivity contribution in [3.8, 4) is 0 Å². The first-order valence-electron chi connectivity index (χ1n) is 36.6. The van der Waals surface area contributed by atoms with Crippen molar-refractivity contribution in [2.75, 3.05) is 13.2 Å². The van der Waals surface area contributed by atoms with Crippen LogP contribution in [0.1, 0.15) is 400 Å². The smallest absolute Gasteiger partial charge is 0.306 e. The highest BCUT2D eigenvalue weighted by atomic mass is 16.6. The Labute approximate surface area is 511 Å². The Kier molecular flexibility index (Phi) is 68.6. The number of esters is 3. The molecule has 0 aliphatic carbocycles. The van der Waals surface area contributed by atoms with Crippen LogP contribution < -0.4 is 0 Å². The summed E-state index contributed by atoms with van der Waals surface area (Å²) in [5.74, 6) is -0.858. The monoisotopic (exact) mass is 1150 g/mol. The number of hydrogen-bond acceptors (Lipinski definition) is 6. The van der Waals surface area contributed by atoms with Gasteiger partial charge in [0.15, 0.2) is 6.10 Å². The molecule has 0 fully saturated rings. The fraction of sp³-hybridized carbons (Fsp3) is 0.855. The zero-order chi connectivity index (χ0) is 59.2. The van der Waals surface area contributed by atoms with Crippen LogP contribution in [0.25, 0.3) is 0 Å². The van der Waals surface area contributed by atoms with E-state index in [2.05, 4.69) is 69.4 Å². The van der Waals surface area contributed by atoms with E-state index in [9.17, 15) is 14.4 Å². The summed E-state index contributed by atoms with van der Waals surface area (Å²) in [7, 11) is 0. The van der Waals surface area contributed by atoms with Crippen LogP contribution >= 0.6 is 0 Å². The highest BCUT2D eigenvalue weighted by Crippen LogP contribution is 2.19.